The summed E-state index contributed by atoms with van der Waals surface area (Å²) in [6, 6.07) is 1.46. The number of hydrogen-bond acceptors (Lipinski definition) is 5. The fourth-order valence-corrected chi connectivity index (χ4v) is 1.85. The minimum absolute atomic E-state index is 0.156. The molecule has 0 aliphatic heterocycles. The Kier molecular flexibility index (Phi) is 5.91. The maximum atomic E-state index is 11.4. The molecule has 100 valence electrons. The molecule has 0 saturated heterocycles. The molecule has 0 radical (unpaired) electrons. The number of hydrogen-bond donors (Lipinski definition) is 1. The summed E-state index contributed by atoms with van der Waals surface area (Å²) in [7, 11) is 0. The average Bonchev–Trinajstić information content (AvgIpc) is 2.33. The highest BCUT2D eigenvalue weighted by Gasteiger charge is 2.07. The molecule has 1 rings (SSSR count). The first kappa shape index (κ1) is 14.8. The third-order valence-corrected chi connectivity index (χ3v) is 2.89. The second kappa shape index (κ2) is 7.20. The maximum absolute atomic E-state index is 11.4. The van der Waals surface area contributed by atoms with E-state index in [9.17, 15) is 9.59 Å². The first-order valence-electron chi connectivity index (χ1n) is 5.90. The van der Waals surface area contributed by atoms with E-state index in [-0.39, 0.29) is 17.3 Å². The number of nitrogens with zero attached hydrogens (tertiary/aromatic N) is 1. The Bertz CT molecular complexity index is 457. The monoisotopic (exact) mass is 270 g/mol. The van der Waals surface area contributed by atoms with Crippen LogP contribution in [0.5, 0.6) is 0 Å². The van der Waals surface area contributed by atoms with Crippen LogP contribution in [0.1, 0.15) is 26.5 Å². The van der Waals surface area contributed by atoms with Crippen molar-refractivity contribution in [2.24, 2.45) is 5.92 Å². The van der Waals surface area contributed by atoms with Gasteiger partial charge in [-0.25, -0.2) is 4.98 Å². The lowest BCUT2D eigenvalue weighted by Gasteiger charge is -2.06. The summed E-state index contributed by atoms with van der Waals surface area (Å²) in [4.78, 5) is 29.5. The van der Waals surface area contributed by atoms with Crippen LogP contribution in [0.25, 0.3) is 0 Å². The number of carbonyl (C=O) groups is 1. The summed E-state index contributed by atoms with van der Waals surface area (Å²) >= 11 is 1.18. The molecule has 1 heterocycles. The van der Waals surface area contributed by atoms with E-state index < -0.39 is 0 Å². The van der Waals surface area contributed by atoms with Crippen molar-refractivity contribution in [2.75, 3.05) is 12.4 Å². The number of aryl methyl sites for hydroxylation is 1. The molecule has 1 aromatic heterocycles. The first-order chi connectivity index (χ1) is 8.51. The molecule has 0 spiro atoms. The predicted octanol–water partition coefficient (Wildman–Crippen LogP) is 1.62. The summed E-state index contributed by atoms with van der Waals surface area (Å²) in [6.45, 7) is 6.29. The van der Waals surface area contributed by atoms with Gasteiger partial charge in [0.05, 0.1) is 12.4 Å². The Labute approximate surface area is 110 Å². The molecule has 0 unspecified atom stereocenters. The zero-order valence-corrected chi connectivity index (χ0v) is 11.7. The van der Waals surface area contributed by atoms with Crippen LogP contribution in [0, 0.1) is 5.92 Å². The molecule has 0 aliphatic carbocycles. The molecule has 1 N–H and O–H groups in total. The van der Waals surface area contributed by atoms with Gasteiger partial charge in [0.15, 0.2) is 5.16 Å². The SMILES string of the molecule is CCc1cc(=O)[nH]c(SCC(=O)OCC(C)C)n1. The Morgan fingerprint density at radius 1 is 1.56 bits per heavy atom. The van der Waals surface area contributed by atoms with Gasteiger partial charge < -0.3 is 9.72 Å². The van der Waals surface area contributed by atoms with Crippen molar-refractivity contribution in [3.63, 3.8) is 0 Å². The van der Waals surface area contributed by atoms with E-state index >= 15 is 0 Å². The van der Waals surface area contributed by atoms with Crippen LogP contribution in [-0.4, -0.2) is 28.3 Å². The fraction of sp³-hybridized carbons (Fsp3) is 0.583. The molecule has 0 fully saturated rings. The van der Waals surface area contributed by atoms with Crippen LogP contribution < -0.4 is 5.56 Å². The topological polar surface area (TPSA) is 72.0 Å². The van der Waals surface area contributed by atoms with Crippen molar-refractivity contribution in [1.29, 1.82) is 0 Å². The number of aromatic amines is 1. The second-order valence-corrected chi connectivity index (χ2v) is 5.23. The number of H-pyrrole nitrogens is 1. The number of aromatic nitrogens is 2. The third-order valence-electron chi connectivity index (χ3n) is 2.04. The maximum Gasteiger partial charge on any atom is 0.316 e. The standard InChI is InChI=1S/C12H18N2O3S/c1-4-9-5-10(15)14-12(13-9)18-7-11(16)17-6-8(2)3/h5,8H,4,6-7H2,1-3H3,(H,13,14,15). The predicted molar refractivity (Wildman–Crippen MR) is 70.8 cm³/mol. The third kappa shape index (κ3) is 5.35. The molecule has 1 aromatic rings. The molecule has 0 amide bonds. The van der Waals surface area contributed by atoms with Gasteiger partial charge in [0.1, 0.15) is 0 Å². The van der Waals surface area contributed by atoms with Gasteiger partial charge in [-0.05, 0) is 12.3 Å². The van der Waals surface area contributed by atoms with E-state index in [0.717, 1.165) is 5.69 Å². The lowest BCUT2D eigenvalue weighted by molar-refractivity contribution is -0.141. The summed E-state index contributed by atoms with van der Waals surface area (Å²) in [5, 5.41) is 0.459. The quantitative estimate of drug-likeness (QED) is 0.483. The van der Waals surface area contributed by atoms with Gasteiger partial charge in [0, 0.05) is 11.8 Å². The van der Waals surface area contributed by atoms with Crippen molar-refractivity contribution in [3.8, 4) is 0 Å². The Morgan fingerprint density at radius 2 is 2.28 bits per heavy atom. The van der Waals surface area contributed by atoms with Gasteiger partial charge in [0.25, 0.3) is 5.56 Å². The molecular weight excluding hydrogens is 252 g/mol. The van der Waals surface area contributed by atoms with E-state index in [2.05, 4.69) is 9.97 Å². The molecule has 0 aliphatic rings. The summed E-state index contributed by atoms with van der Waals surface area (Å²) < 4.78 is 5.03. The highest BCUT2D eigenvalue weighted by Crippen LogP contribution is 2.11. The lowest BCUT2D eigenvalue weighted by atomic mass is 10.2. The number of ether oxygens (including phenoxy) is 1. The molecular formula is C12H18N2O3S. The average molecular weight is 270 g/mol. The van der Waals surface area contributed by atoms with Gasteiger partial charge in [-0.1, -0.05) is 32.5 Å². The number of rotatable bonds is 6. The molecule has 0 saturated carbocycles. The molecule has 0 bridgehead atoms. The van der Waals surface area contributed by atoms with Crippen LogP contribution in [0.3, 0.4) is 0 Å². The number of thioether (sulfide) groups is 1. The van der Waals surface area contributed by atoms with Gasteiger partial charge in [0.2, 0.25) is 0 Å². The summed E-state index contributed by atoms with van der Waals surface area (Å²) in [5.74, 6) is 0.182. The minimum Gasteiger partial charge on any atom is -0.465 e. The van der Waals surface area contributed by atoms with E-state index in [1.807, 2.05) is 20.8 Å². The number of carbonyl (C=O) groups excluding carboxylic acids is 1. The Hall–Kier alpha value is -1.30. The van der Waals surface area contributed by atoms with Gasteiger partial charge in [-0.15, -0.1) is 0 Å². The van der Waals surface area contributed by atoms with Crippen LogP contribution in [0.15, 0.2) is 16.0 Å². The molecule has 0 aromatic carbocycles. The summed E-state index contributed by atoms with van der Waals surface area (Å²) in [6.07, 6.45) is 0.690. The van der Waals surface area contributed by atoms with E-state index in [4.69, 9.17) is 4.74 Å². The molecule has 18 heavy (non-hydrogen) atoms. The van der Waals surface area contributed by atoms with E-state index in [1.165, 1.54) is 17.8 Å². The van der Waals surface area contributed by atoms with Crippen molar-refractivity contribution >= 4 is 17.7 Å². The van der Waals surface area contributed by atoms with Gasteiger partial charge >= 0.3 is 5.97 Å². The van der Waals surface area contributed by atoms with Gasteiger partial charge in [-0.2, -0.15) is 0 Å². The van der Waals surface area contributed by atoms with Crippen LogP contribution in [0.2, 0.25) is 0 Å². The van der Waals surface area contributed by atoms with Crippen molar-refractivity contribution in [3.05, 3.63) is 22.1 Å². The smallest absolute Gasteiger partial charge is 0.316 e. The Balaban J connectivity index is 2.50. The van der Waals surface area contributed by atoms with Gasteiger partial charge in [-0.3, -0.25) is 9.59 Å². The van der Waals surface area contributed by atoms with Crippen LogP contribution >= 0.6 is 11.8 Å². The number of esters is 1. The zero-order chi connectivity index (χ0) is 13.5. The van der Waals surface area contributed by atoms with E-state index in [0.29, 0.717) is 24.1 Å². The van der Waals surface area contributed by atoms with Crippen LogP contribution in [0.4, 0.5) is 0 Å². The van der Waals surface area contributed by atoms with E-state index in [1.54, 1.807) is 0 Å². The minimum atomic E-state index is -0.293. The molecule has 6 heteroatoms. The highest BCUT2D eigenvalue weighted by atomic mass is 32.2. The van der Waals surface area contributed by atoms with Crippen molar-refractivity contribution in [2.45, 2.75) is 32.3 Å². The second-order valence-electron chi connectivity index (χ2n) is 4.26. The first-order valence-corrected chi connectivity index (χ1v) is 6.88. The summed E-state index contributed by atoms with van der Waals surface area (Å²) in [5.41, 5.74) is 0.525. The highest BCUT2D eigenvalue weighted by molar-refractivity contribution is 7.99. The van der Waals surface area contributed by atoms with Crippen LogP contribution in [-0.2, 0) is 16.0 Å². The molecule has 0 atom stereocenters. The lowest BCUT2D eigenvalue weighted by Crippen LogP contribution is -2.14. The molecule has 5 nitrogen and oxygen atoms in total. The Morgan fingerprint density at radius 3 is 2.89 bits per heavy atom. The fourth-order valence-electron chi connectivity index (χ4n) is 1.16. The van der Waals surface area contributed by atoms with Crippen molar-refractivity contribution in [1.82, 2.24) is 9.97 Å². The number of nitrogens with one attached hydrogen (secondary N) is 1. The normalized spacial score (nSPS) is 10.7. The largest absolute Gasteiger partial charge is 0.465 e. The van der Waals surface area contributed by atoms with Crippen molar-refractivity contribution < 1.29 is 9.53 Å². The zero-order valence-electron chi connectivity index (χ0n) is 10.9.